The highest BCUT2D eigenvalue weighted by Gasteiger charge is 2.31. The predicted octanol–water partition coefficient (Wildman–Crippen LogP) is -3.68. The number of imidazole rings is 1. The van der Waals surface area contributed by atoms with E-state index in [9.17, 15) is 29.4 Å². The Morgan fingerprint density at radius 1 is 1.09 bits per heavy atom. The first kappa shape index (κ1) is 28.0. The second kappa shape index (κ2) is 14.2. The van der Waals surface area contributed by atoms with Crippen LogP contribution in [-0.4, -0.2) is 92.4 Å². The Morgan fingerprint density at radius 2 is 1.73 bits per heavy atom. The first-order valence-corrected chi connectivity index (χ1v) is 10.5. The van der Waals surface area contributed by atoms with Crippen molar-refractivity contribution in [3.05, 3.63) is 18.2 Å². The highest BCUT2D eigenvalue weighted by atomic mass is 16.4. The molecule has 0 saturated carbocycles. The zero-order valence-corrected chi connectivity index (χ0v) is 18.4. The van der Waals surface area contributed by atoms with E-state index in [1.165, 1.54) is 19.4 Å². The molecular formula is C19H33N7O7. The number of hydrogen-bond donors (Lipinski definition) is 9. The van der Waals surface area contributed by atoms with Crippen molar-refractivity contribution >= 4 is 23.7 Å². The van der Waals surface area contributed by atoms with Gasteiger partial charge in [-0.1, -0.05) is 0 Å². The quantitative estimate of drug-likeness (QED) is 0.113. The van der Waals surface area contributed by atoms with Gasteiger partial charge in [-0.05, 0) is 32.7 Å². The molecule has 186 valence electrons. The fraction of sp³-hybridized carbons (Fsp3) is 0.632. The van der Waals surface area contributed by atoms with E-state index in [0.717, 1.165) is 0 Å². The van der Waals surface area contributed by atoms with Crippen LogP contribution in [0.4, 0.5) is 0 Å². The van der Waals surface area contributed by atoms with Crippen LogP contribution in [0.15, 0.2) is 12.5 Å². The summed E-state index contributed by atoms with van der Waals surface area (Å²) in [5.41, 5.74) is 11.9. The number of carboxylic acid groups (broad SMARTS) is 1. The van der Waals surface area contributed by atoms with Crippen molar-refractivity contribution in [1.29, 1.82) is 0 Å². The van der Waals surface area contributed by atoms with Crippen LogP contribution in [0.3, 0.4) is 0 Å². The molecule has 0 aromatic carbocycles. The minimum absolute atomic E-state index is 0.117. The number of carboxylic acids is 1. The van der Waals surface area contributed by atoms with Crippen LogP contribution in [0.25, 0.3) is 0 Å². The summed E-state index contributed by atoms with van der Waals surface area (Å²) in [6.45, 7) is 0.777. The van der Waals surface area contributed by atoms with E-state index in [0.29, 0.717) is 25.1 Å². The molecule has 5 atom stereocenters. The first-order chi connectivity index (χ1) is 15.6. The van der Waals surface area contributed by atoms with Gasteiger partial charge in [-0.25, -0.2) is 9.78 Å². The Labute approximate surface area is 190 Å². The minimum Gasteiger partial charge on any atom is -0.480 e. The number of aliphatic hydroxyl groups excluding tert-OH is 2. The van der Waals surface area contributed by atoms with Gasteiger partial charge in [0.2, 0.25) is 17.7 Å². The van der Waals surface area contributed by atoms with Crippen molar-refractivity contribution in [2.75, 3.05) is 13.2 Å². The molecule has 0 radical (unpaired) electrons. The number of unbranched alkanes of at least 4 members (excludes halogenated alkanes) is 1. The molecule has 3 amide bonds. The third-order valence-corrected chi connectivity index (χ3v) is 4.77. The maximum atomic E-state index is 12.6. The molecule has 0 aliphatic carbocycles. The van der Waals surface area contributed by atoms with Crippen molar-refractivity contribution in [3.8, 4) is 0 Å². The number of aromatic amines is 1. The monoisotopic (exact) mass is 471 g/mol. The molecule has 1 aromatic heterocycles. The first-order valence-electron chi connectivity index (χ1n) is 10.5. The van der Waals surface area contributed by atoms with E-state index < -0.39 is 60.6 Å². The van der Waals surface area contributed by atoms with E-state index in [-0.39, 0.29) is 12.8 Å². The molecule has 5 unspecified atom stereocenters. The maximum absolute atomic E-state index is 12.6. The molecule has 11 N–H and O–H groups in total. The van der Waals surface area contributed by atoms with E-state index in [4.69, 9.17) is 16.6 Å². The molecule has 0 aliphatic heterocycles. The highest BCUT2D eigenvalue weighted by molar-refractivity contribution is 5.94. The molecule has 0 fully saturated rings. The molecule has 0 bridgehead atoms. The predicted molar refractivity (Wildman–Crippen MR) is 115 cm³/mol. The third kappa shape index (κ3) is 9.53. The van der Waals surface area contributed by atoms with Crippen LogP contribution in [0.2, 0.25) is 0 Å². The fourth-order valence-corrected chi connectivity index (χ4v) is 2.88. The number of aliphatic carboxylic acids is 1. The lowest BCUT2D eigenvalue weighted by atomic mass is 10.1. The van der Waals surface area contributed by atoms with Gasteiger partial charge in [0, 0.05) is 18.3 Å². The molecule has 1 rings (SSSR count). The topological polar surface area (TPSA) is 246 Å². The second-order valence-electron chi connectivity index (χ2n) is 7.54. The summed E-state index contributed by atoms with van der Waals surface area (Å²) in [5, 5.41) is 35.2. The number of nitrogens with zero attached hydrogens (tertiary/aromatic N) is 1. The summed E-state index contributed by atoms with van der Waals surface area (Å²) in [5.74, 6) is -3.86. The number of hydrogen-bond acceptors (Lipinski definition) is 9. The average Bonchev–Trinajstić information content (AvgIpc) is 3.27. The van der Waals surface area contributed by atoms with Crippen molar-refractivity contribution < 1.29 is 34.5 Å². The van der Waals surface area contributed by atoms with Crippen molar-refractivity contribution in [2.45, 2.75) is 62.9 Å². The number of nitrogens with one attached hydrogen (secondary N) is 4. The fourth-order valence-electron chi connectivity index (χ4n) is 2.88. The summed E-state index contributed by atoms with van der Waals surface area (Å²) in [7, 11) is 0. The highest BCUT2D eigenvalue weighted by Crippen LogP contribution is 2.04. The maximum Gasteiger partial charge on any atom is 0.328 e. The van der Waals surface area contributed by atoms with Gasteiger partial charge >= 0.3 is 5.97 Å². The van der Waals surface area contributed by atoms with Gasteiger partial charge in [0.25, 0.3) is 0 Å². The Balaban J connectivity index is 2.81. The molecule has 14 nitrogen and oxygen atoms in total. The van der Waals surface area contributed by atoms with Crippen LogP contribution < -0.4 is 27.4 Å². The number of carbonyl (C=O) groups excluding carboxylic acids is 3. The largest absolute Gasteiger partial charge is 0.480 e. The SMILES string of the molecule is CC(O)C(NC(=O)C(CCCCN)NC(=O)C(CO)NC(=O)C(N)Cc1cnc[nH]1)C(=O)O. The minimum atomic E-state index is -1.58. The van der Waals surface area contributed by atoms with E-state index >= 15 is 0 Å². The van der Waals surface area contributed by atoms with Gasteiger partial charge < -0.3 is 47.7 Å². The number of aromatic nitrogens is 2. The molecule has 1 heterocycles. The average molecular weight is 472 g/mol. The lowest BCUT2D eigenvalue weighted by Gasteiger charge is -2.25. The molecule has 0 saturated heterocycles. The van der Waals surface area contributed by atoms with Crippen molar-refractivity contribution in [2.24, 2.45) is 11.5 Å². The smallest absolute Gasteiger partial charge is 0.328 e. The summed E-state index contributed by atoms with van der Waals surface area (Å²) in [4.78, 5) is 55.4. The van der Waals surface area contributed by atoms with Gasteiger partial charge in [0.05, 0.1) is 25.1 Å². The number of H-pyrrole nitrogens is 1. The van der Waals surface area contributed by atoms with E-state index in [2.05, 4.69) is 25.9 Å². The van der Waals surface area contributed by atoms with Crippen LogP contribution in [0, 0.1) is 0 Å². The number of carbonyl (C=O) groups is 4. The summed E-state index contributed by atoms with van der Waals surface area (Å²) in [6, 6.07) is -5.20. The second-order valence-corrected chi connectivity index (χ2v) is 7.54. The molecule has 1 aromatic rings. The van der Waals surface area contributed by atoms with Gasteiger partial charge in [-0.3, -0.25) is 14.4 Å². The Hall–Kier alpha value is -3.07. The van der Waals surface area contributed by atoms with Crippen molar-refractivity contribution in [1.82, 2.24) is 25.9 Å². The molecule has 0 aliphatic rings. The molecule has 14 heteroatoms. The van der Waals surface area contributed by atoms with Crippen molar-refractivity contribution in [3.63, 3.8) is 0 Å². The van der Waals surface area contributed by atoms with Gasteiger partial charge in [-0.2, -0.15) is 0 Å². The zero-order chi connectivity index (χ0) is 25.0. The Bertz CT molecular complexity index is 773. The lowest BCUT2D eigenvalue weighted by molar-refractivity contribution is -0.145. The van der Waals surface area contributed by atoms with Gasteiger partial charge in [0.1, 0.15) is 12.1 Å². The summed E-state index contributed by atoms with van der Waals surface area (Å²) in [6.07, 6.45) is 2.75. The van der Waals surface area contributed by atoms with Gasteiger partial charge in [0.15, 0.2) is 6.04 Å². The Morgan fingerprint density at radius 3 is 2.24 bits per heavy atom. The molecular weight excluding hydrogens is 438 g/mol. The van der Waals surface area contributed by atoms with Gasteiger partial charge in [-0.15, -0.1) is 0 Å². The zero-order valence-electron chi connectivity index (χ0n) is 18.4. The Kier molecular flexibility index (Phi) is 12.0. The molecule has 0 spiro atoms. The van der Waals surface area contributed by atoms with Crippen LogP contribution >= 0.6 is 0 Å². The van der Waals surface area contributed by atoms with E-state index in [1.807, 2.05) is 0 Å². The standard InChI is InChI=1S/C19H33N7O7/c1-10(28)15(19(32)33)26-17(30)13(4-2-3-5-20)24-18(31)14(8-27)25-16(29)12(21)6-11-7-22-9-23-11/h7,9-10,12-15,27-28H,2-6,8,20-21H2,1H3,(H,22,23)(H,24,31)(H,25,29)(H,26,30)(H,32,33). The third-order valence-electron chi connectivity index (χ3n) is 4.77. The van der Waals surface area contributed by atoms with Crippen LogP contribution in [-0.2, 0) is 25.6 Å². The molecule has 33 heavy (non-hydrogen) atoms. The number of amides is 3. The van der Waals surface area contributed by atoms with Crippen LogP contribution in [0.1, 0.15) is 31.9 Å². The normalized spacial score (nSPS) is 15.5. The van der Waals surface area contributed by atoms with E-state index in [1.54, 1.807) is 0 Å². The number of rotatable bonds is 15. The summed E-state index contributed by atoms with van der Waals surface area (Å²) < 4.78 is 0. The number of aliphatic hydroxyl groups is 2. The van der Waals surface area contributed by atoms with Crippen LogP contribution in [0.5, 0.6) is 0 Å². The number of nitrogens with two attached hydrogens (primary N) is 2. The lowest BCUT2D eigenvalue weighted by Crippen LogP contribution is -2.59. The summed E-state index contributed by atoms with van der Waals surface area (Å²) >= 11 is 0.